The number of benzene rings is 9. The smallest absolute Gasteiger partial charge is 0.165 e. The summed E-state index contributed by atoms with van der Waals surface area (Å²) in [5.74, 6) is 0.811. The number of para-hydroxylation sites is 3. The van der Waals surface area contributed by atoms with E-state index in [9.17, 15) is 0 Å². The molecule has 272 valence electrons. The molecule has 0 unspecified atom stereocenters. The van der Waals surface area contributed by atoms with Gasteiger partial charge in [0.25, 0.3) is 0 Å². The standard InChI is InChI=1S/C55H31N3O/c1-4-18-40-36(15-1)37-16-2-5-19-41(37)55(40)42-20-10-12-32-27-29-47-52(50(32)42)51-43(55)21-11-24-46(51)58(47)54-53(56-44-22-6-7-23-45(44)57-54)35-14-9-13-33(30-35)34-26-28-39-38-17-3-8-25-48(38)59-49(39)31-34/h1-31H. The van der Waals surface area contributed by atoms with Gasteiger partial charge >= 0.3 is 0 Å². The molecule has 0 amide bonds. The van der Waals surface area contributed by atoms with Gasteiger partial charge in [-0.3, -0.25) is 4.57 Å². The minimum Gasteiger partial charge on any atom is -0.456 e. The van der Waals surface area contributed by atoms with Crippen molar-refractivity contribution in [2.45, 2.75) is 5.41 Å². The molecule has 4 heteroatoms. The third-order valence-corrected chi connectivity index (χ3v) is 13.2. The van der Waals surface area contributed by atoms with Gasteiger partial charge in [0.15, 0.2) is 5.82 Å². The minimum atomic E-state index is -0.479. The van der Waals surface area contributed by atoms with E-state index in [0.717, 1.165) is 72.2 Å². The van der Waals surface area contributed by atoms with E-state index in [-0.39, 0.29) is 0 Å². The molecule has 0 fully saturated rings. The molecule has 0 saturated heterocycles. The van der Waals surface area contributed by atoms with Gasteiger partial charge < -0.3 is 4.42 Å². The van der Waals surface area contributed by atoms with Crippen LogP contribution in [0.5, 0.6) is 0 Å². The van der Waals surface area contributed by atoms with E-state index >= 15 is 0 Å². The number of fused-ring (bicyclic) bond motifs is 11. The van der Waals surface area contributed by atoms with Crippen molar-refractivity contribution < 1.29 is 4.42 Å². The second-order valence-corrected chi connectivity index (χ2v) is 16.0. The molecule has 14 rings (SSSR count). The van der Waals surface area contributed by atoms with Crippen LogP contribution in [0.3, 0.4) is 0 Å². The molecule has 0 aliphatic heterocycles. The molecule has 0 bridgehead atoms. The summed E-state index contributed by atoms with van der Waals surface area (Å²) in [5.41, 5.74) is 17.2. The van der Waals surface area contributed by atoms with Crippen molar-refractivity contribution in [3.05, 3.63) is 210 Å². The van der Waals surface area contributed by atoms with Crippen molar-refractivity contribution in [1.29, 1.82) is 0 Å². The lowest BCUT2D eigenvalue weighted by Gasteiger charge is -2.37. The quantitative estimate of drug-likeness (QED) is 0.181. The van der Waals surface area contributed by atoms with Gasteiger partial charge in [0, 0.05) is 27.1 Å². The second-order valence-electron chi connectivity index (χ2n) is 16.0. The highest BCUT2D eigenvalue weighted by Crippen LogP contribution is 2.62. The van der Waals surface area contributed by atoms with Crippen molar-refractivity contribution in [2.75, 3.05) is 0 Å². The maximum Gasteiger partial charge on any atom is 0.165 e. The third-order valence-electron chi connectivity index (χ3n) is 13.2. The highest BCUT2D eigenvalue weighted by Gasteiger charge is 2.50. The summed E-state index contributed by atoms with van der Waals surface area (Å²) in [7, 11) is 0. The van der Waals surface area contributed by atoms with E-state index in [2.05, 4.69) is 168 Å². The number of nitrogens with zero attached hydrogens (tertiary/aromatic N) is 3. The Morgan fingerprint density at radius 2 is 1.03 bits per heavy atom. The van der Waals surface area contributed by atoms with Crippen molar-refractivity contribution in [3.8, 4) is 39.3 Å². The van der Waals surface area contributed by atoms with Gasteiger partial charge in [0.1, 0.15) is 16.9 Å². The van der Waals surface area contributed by atoms with Gasteiger partial charge in [-0.2, -0.15) is 0 Å². The Morgan fingerprint density at radius 3 is 1.88 bits per heavy atom. The Labute approximate surface area is 338 Å². The van der Waals surface area contributed by atoms with Crippen LogP contribution in [0.4, 0.5) is 0 Å². The molecular formula is C55H31N3O. The van der Waals surface area contributed by atoms with Gasteiger partial charge in [-0.1, -0.05) is 140 Å². The molecule has 0 saturated carbocycles. The molecule has 3 heterocycles. The SMILES string of the molecule is c1cc(-c2ccc3c(c2)oc2ccccc23)cc(-c2nc3ccccc3nc2-n2c3cccc4c3c3c5c(cccc5ccc32)C42c3ccccc3-c3ccccc32)c1. The van der Waals surface area contributed by atoms with Crippen molar-refractivity contribution in [3.63, 3.8) is 0 Å². The van der Waals surface area contributed by atoms with Gasteiger partial charge in [0.2, 0.25) is 0 Å². The van der Waals surface area contributed by atoms with Crippen molar-refractivity contribution in [2.24, 2.45) is 0 Å². The Kier molecular flexibility index (Phi) is 5.93. The first-order chi connectivity index (χ1) is 29.3. The molecular weight excluding hydrogens is 719 g/mol. The lowest BCUT2D eigenvalue weighted by atomic mass is 9.63. The number of furan rings is 1. The molecule has 59 heavy (non-hydrogen) atoms. The van der Waals surface area contributed by atoms with Crippen LogP contribution in [-0.4, -0.2) is 14.5 Å². The average molecular weight is 750 g/mol. The zero-order valence-electron chi connectivity index (χ0n) is 31.6. The largest absolute Gasteiger partial charge is 0.456 e. The van der Waals surface area contributed by atoms with E-state index in [1.165, 1.54) is 54.9 Å². The molecule has 0 radical (unpaired) electrons. The highest BCUT2D eigenvalue weighted by atomic mass is 16.3. The topological polar surface area (TPSA) is 43.9 Å². The van der Waals surface area contributed by atoms with Crippen LogP contribution in [0.2, 0.25) is 0 Å². The van der Waals surface area contributed by atoms with Gasteiger partial charge in [0.05, 0.1) is 27.5 Å². The van der Waals surface area contributed by atoms with Crippen LogP contribution in [0, 0.1) is 0 Å². The lowest BCUT2D eigenvalue weighted by molar-refractivity contribution is 0.669. The zero-order valence-corrected chi connectivity index (χ0v) is 31.6. The molecule has 1 spiro atoms. The Bertz CT molecular complexity index is 3770. The maximum atomic E-state index is 6.32. The normalized spacial score (nSPS) is 13.6. The van der Waals surface area contributed by atoms with Gasteiger partial charge in [-0.25, -0.2) is 9.97 Å². The first-order valence-corrected chi connectivity index (χ1v) is 20.2. The van der Waals surface area contributed by atoms with Crippen molar-refractivity contribution in [1.82, 2.24) is 14.5 Å². The first kappa shape index (κ1) is 31.3. The number of aromatic nitrogens is 3. The molecule has 0 N–H and O–H groups in total. The van der Waals surface area contributed by atoms with Gasteiger partial charge in [-0.15, -0.1) is 0 Å². The van der Waals surface area contributed by atoms with Gasteiger partial charge in [-0.05, 0) is 104 Å². The minimum absolute atomic E-state index is 0.479. The Balaban J connectivity index is 1.07. The van der Waals surface area contributed by atoms with Crippen LogP contribution in [0.1, 0.15) is 22.3 Å². The summed E-state index contributed by atoms with van der Waals surface area (Å²) in [6.45, 7) is 0. The number of hydrogen-bond acceptors (Lipinski definition) is 3. The third kappa shape index (κ3) is 3.93. The fraction of sp³-hybridized carbons (Fsp3) is 0.0182. The summed E-state index contributed by atoms with van der Waals surface area (Å²) in [6.07, 6.45) is 0. The number of hydrogen-bond donors (Lipinski definition) is 0. The molecule has 4 nitrogen and oxygen atoms in total. The molecule has 3 aromatic heterocycles. The average Bonchev–Trinajstić information content (AvgIpc) is 3.94. The lowest BCUT2D eigenvalue weighted by Crippen LogP contribution is -2.30. The number of rotatable bonds is 3. The summed E-state index contributed by atoms with van der Waals surface area (Å²) >= 11 is 0. The summed E-state index contributed by atoms with van der Waals surface area (Å²) < 4.78 is 8.71. The second kappa shape index (κ2) is 11.2. The van der Waals surface area contributed by atoms with E-state index in [1.807, 2.05) is 24.3 Å². The highest BCUT2D eigenvalue weighted by molar-refractivity contribution is 6.26. The molecule has 2 aliphatic rings. The first-order valence-electron chi connectivity index (χ1n) is 20.2. The van der Waals surface area contributed by atoms with Crippen LogP contribution in [0.15, 0.2) is 192 Å². The summed E-state index contributed by atoms with van der Waals surface area (Å²) in [6, 6.07) is 68.1. The van der Waals surface area contributed by atoms with Crippen LogP contribution < -0.4 is 0 Å². The van der Waals surface area contributed by atoms with Crippen LogP contribution in [-0.2, 0) is 5.41 Å². The van der Waals surface area contributed by atoms with E-state index in [0.29, 0.717) is 0 Å². The van der Waals surface area contributed by atoms with E-state index in [4.69, 9.17) is 14.4 Å². The predicted molar refractivity (Wildman–Crippen MR) is 240 cm³/mol. The van der Waals surface area contributed by atoms with Crippen LogP contribution in [0.25, 0.3) is 105 Å². The Morgan fingerprint density at radius 1 is 0.407 bits per heavy atom. The molecule has 2 aliphatic carbocycles. The summed E-state index contributed by atoms with van der Waals surface area (Å²) in [4.78, 5) is 11.0. The fourth-order valence-electron chi connectivity index (χ4n) is 10.8. The maximum absolute atomic E-state index is 6.32. The zero-order chi connectivity index (χ0) is 38.4. The predicted octanol–water partition coefficient (Wildman–Crippen LogP) is 13.8. The van der Waals surface area contributed by atoms with E-state index in [1.54, 1.807) is 0 Å². The fourth-order valence-corrected chi connectivity index (χ4v) is 10.8. The Hall–Kier alpha value is -7.82. The monoisotopic (exact) mass is 749 g/mol. The molecule has 9 aromatic carbocycles. The molecule has 12 aromatic rings. The molecule has 0 atom stereocenters. The van der Waals surface area contributed by atoms with Crippen LogP contribution >= 0.6 is 0 Å². The van der Waals surface area contributed by atoms with E-state index < -0.39 is 5.41 Å². The summed E-state index contributed by atoms with van der Waals surface area (Å²) in [5, 5.41) is 7.33. The van der Waals surface area contributed by atoms with Crippen molar-refractivity contribution >= 4 is 65.6 Å².